The van der Waals surface area contributed by atoms with E-state index in [4.69, 9.17) is 4.74 Å². The number of fused-ring (bicyclic) bond motifs is 1. The lowest BCUT2D eigenvalue weighted by molar-refractivity contribution is 0.0377. The molecule has 3 heterocycles. The van der Waals surface area contributed by atoms with E-state index in [0.717, 1.165) is 39.3 Å². The van der Waals surface area contributed by atoms with Crippen LogP contribution in [0.1, 0.15) is 12.0 Å². The van der Waals surface area contributed by atoms with Crippen molar-refractivity contribution in [2.45, 2.75) is 6.42 Å². The zero-order valence-electron chi connectivity index (χ0n) is 16.2. The standard InChI is InChI=1S/C22H24N4O3/c27-21-18-7-2-1-6-17(18)19(22(28)26(21)20-8-3-4-10-24-20)16-23-9-5-11-25-12-14-29-15-13-25/h1-4,6-8,10,16,28H,5,9,11-15H2. The van der Waals surface area contributed by atoms with E-state index in [9.17, 15) is 9.90 Å². The molecule has 3 aromatic rings. The van der Waals surface area contributed by atoms with Crippen LogP contribution in [0.25, 0.3) is 16.6 Å². The molecule has 0 radical (unpaired) electrons. The fourth-order valence-corrected chi connectivity index (χ4v) is 3.55. The van der Waals surface area contributed by atoms with Crippen LogP contribution in [0.15, 0.2) is 58.4 Å². The average molecular weight is 392 g/mol. The highest BCUT2D eigenvalue weighted by molar-refractivity contribution is 6.01. The summed E-state index contributed by atoms with van der Waals surface area (Å²) in [6.45, 7) is 5.12. The van der Waals surface area contributed by atoms with E-state index in [1.807, 2.05) is 18.2 Å². The second-order valence-electron chi connectivity index (χ2n) is 6.95. The number of aromatic nitrogens is 2. The molecule has 1 N–H and O–H groups in total. The Morgan fingerprint density at radius 3 is 2.62 bits per heavy atom. The minimum Gasteiger partial charge on any atom is -0.494 e. The van der Waals surface area contributed by atoms with Gasteiger partial charge in [-0.3, -0.25) is 14.7 Å². The number of ether oxygens (including phenoxy) is 1. The molecule has 0 spiro atoms. The van der Waals surface area contributed by atoms with Crippen LogP contribution in [0.3, 0.4) is 0 Å². The molecule has 1 aliphatic heterocycles. The summed E-state index contributed by atoms with van der Waals surface area (Å²) in [7, 11) is 0. The average Bonchev–Trinajstić information content (AvgIpc) is 2.77. The van der Waals surface area contributed by atoms with Crippen LogP contribution < -0.4 is 5.56 Å². The van der Waals surface area contributed by atoms with Crippen molar-refractivity contribution in [2.75, 3.05) is 39.4 Å². The third-order valence-electron chi connectivity index (χ3n) is 5.07. The first-order chi connectivity index (χ1) is 14.3. The van der Waals surface area contributed by atoms with E-state index < -0.39 is 0 Å². The zero-order chi connectivity index (χ0) is 20.1. The Morgan fingerprint density at radius 1 is 1.10 bits per heavy atom. The number of pyridine rings is 2. The summed E-state index contributed by atoms with van der Waals surface area (Å²) in [6, 6.07) is 12.5. The molecule has 7 nitrogen and oxygen atoms in total. The van der Waals surface area contributed by atoms with Crippen molar-refractivity contribution >= 4 is 17.0 Å². The maximum absolute atomic E-state index is 13.0. The van der Waals surface area contributed by atoms with Gasteiger partial charge in [-0.25, -0.2) is 9.55 Å². The Hall–Kier alpha value is -3.03. The highest BCUT2D eigenvalue weighted by Crippen LogP contribution is 2.25. The summed E-state index contributed by atoms with van der Waals surface area (Å²) in [5.41, 5.74) is 0.221. The van der Waals surface area contributed by atoms with Gasteiger partial charge in [-0.2, -0.15) is 0 Å². The largest absolute Gasteiger partial charge is 0.494 e. The Kier molecular flexibility index (Phi) is 5.97. The molecule has 2 aromatic heterocycles. The van der Waals surface area contributed by atoms with Gasteiger partial charge in [0.2, 0.25) is 5.88 Å². The van der Waals surface area contributed by atoms with Gasteiger partial charge in [-0.15, -0.1) is 0 Å². The fourth-order valence-electron chi connectivity index (χ4n) is 3.55. The van der Waals surface area contributed by atoms with Crippen molar-refractivity contribution in [3.63, 3.8) is 0 Å². The van der Waals surface area contributed by atoms with Crippen LogP contribution >= 0.6 is 0 Å². The molecule has 0 unspecified atom stereocenters. The molecule has 7 heteroatoms. The van der Waals surface area contributed by atoms with E-state index in [1.165, 1.54) is 4.57 Å². The van der Waals surface area contributed by atoms with Gasteiger partial charge in [-0.05, 0) is 24.6 Å². The molecule has 29 heavy (non-hydrogen) atoms. The van der Waals surface area contributed by atoms with E-state index in [0.29, 0.717) is 28.7 Å². The van der Waals surface area contributed by atoms with Gasteiger partial charge >= 0.3 is 0 Å². The number of aliphatic imine (C=N–C) groups is 1. The fraction of sp³-hybridized carbons (Fsp3) is 0.318. The summed E-state index contributed by atoms with van der Waals surface area (Å²) in [5, 5.41) is 12.1. The van der Waals surface area contributed by atoms with Crippen LogP contribution in [-0.2, 0) is 4.74 Å². The molecule has 1 aliphatic rings. The molecule has 4 rings (SSSR count). The lowest BCUT2D eigenvalue weighted by atomic mass is 10.1. The normalized spacial score (nSPS) is 15.3. The summed E-state index contributed by atoms with van der Waals surface area (Å²) in [6.07, 6.45) is 4.18. The number of morpholine rings is 1. The minimum absolute atomic E-state index is 0.149. The smallest absolute Gasteiger partial charge is 0.267 e. The highest BCUT2D eigenvalue weighted by atomic mass is 16.5. The van der Waals surface area contributed by atoms with Crippen molar-refractivity contribution < 1.29 is 9.84 Å². The first-order valence-corrected chi connectivity index (χ1v) is 9.84. The summed E-state index contributed by atoms with van der Waals surface area (Å²) in [4.78, 5) is 24.1. The third kappa shape index (κ3) is 4.21. The molecule has 0 amide bonds. The Morgan fingerprint density at radius 2 is 1.86 bits per heavy atom. The quantitative estimate of drug-likeness (QED) is 0.514. The number of benzene rings is 1. The van der Waals surface area contributed by atoms with Crippen LogP contribution in [0.5, 0.6) is 5.88 Å². The molecule has 1 saturated heterocycles. The van der Waals surface area contributed by atoms with E-state index in [1.54, 1.807) is 36.7 Å². The second-order valence-corrected chi connectivity index (χ2v) is 6.95. The van der Waals surface area contributed by atoms with Crippen LogP contribution in [-0.4, -0.2) is 65.2 Å². The van der Waals surface area contributed by atoms with Crippen molar-refractivity contribution in [1.29, 1.82) is 0 Å². The number of aromatic hydroxyl groups is 1. The summed E-state index contributed by atoms with van der Waals surface area (Å²) in [5.74, 6) is 0.229. The van der Waals surface area contributed by atoms with Gasteiger partial charge in [0.15, 0.2) is 0 Å². The SMILES string of the molecule is O=c1c2ccccc2c(C=NCCCN2CCOCC2)c(O)n1-c1ccccn1. The van der Waals surface area contributed by atoms with E-state index >= 15 is 0 Å². The Balaban J connectivity index is 1.62. The molecular formula is C22H24N4O3. The first kappa shape index (κ1) is 19.3. The van der Waals surface area contributed by atoms with Gasteiger partial charge in [0, 0.05) is 49.4 Å². The van der Waals surface area contributed by atoms with Crippen molar-refractivity contribution in [2.24, 2.45) is 4.99 Å². The van der Waals surface area contributed by atoms with Gasteiger partial charge in [0.1, 0.15) is 5.82 Å². The predicted molar refractivity (Wildman–Crippen MR) is 113 cm³/mol. The summed E-state index contributed by atoms with van der Waals surface area (Å²) < 4.78 is 6.60. The number of hydrogen-bond acceptors (Lipinski definition) is 6. The van der Waals surface area contributed by atoms with E-state index in [-0.39, 0.29) is 11.4 Å². The monoisotopic (exact) mass is 392 g/mol. The van der Waals surface area contributed by atoms with Gasteiger partial charge < -0.3 is 9.84 Å². The molecule has 0 saturated carbocycles. The predicted octanol–water partition coefficient (Wildman–Crippen LogP) is 2.23. The number of hydrogen-bond donors (Lipinski definition) is 1. The lowest BCUT2D eigenvalue weighted by Crippen LogP contribution is -2.37. The zero-order valence-corrected chi connectivity index (χ0v) is 16.2. The number of nitrogens with zero attached hydrogens (tertiary/aromatic N) is 4. The molecule has 0 aliphatic carbocycles. The maximum Gasteiger partial charge on any atom is 0.267 e. The van der Waals surface area contributed by atoms with Crippen LogP contribution in [0.2, 0.25) is 0 Å². The van der Waals surface area contributed by atoms with Gasteiger partial charge in [0.25, 0.3) is 5.56 Å². The van der Waals surface area contributed by atoms with Crippen LogP contribution in [0.4, 0.5) is 0 Å². The van der Waals surface area contributed by atoms with Gasteiger partial charge in [0.05, 0.1) is 18.8 Å². The van der Waals surface area contributed by atoms with Crippen LogP contribution in [0, 0.1) is 0 Å². The third-order valence-corrected chi connectivity index (χ3v) is 5.07. The maximum atomic E-state index is 13.0. The molecule has 0 atom stereocenters. The molecule has 0 bridgehead atoms. The first-order valence-electron chi connectivity index (χ1n) is 9.84. The minimum atomic E-state index is -0.304. The number of rotatable bonds is 6. The molecular weight excluding hydrogens is 368 g/mol. The van der Waals surface area contributed by atoms with Crippen molar-refractivity contribution in [1.82, 2.24) is 14.5 Å². The Labute approximate surface area is 168 Å². The Bertz CT molecular complexity index is 1060. The molecule has 1 fully saturated rings. The van der Waals surface area contributed by atoms with E-state index in [2.05, 4.69) is 14.9 Å². The van der Waals surface area contributed by atoms with Crippen molar-refractivity contribution in [3.05, 3.63) is 64.6 Å². The molecule has 1 aromatic carbocycles. The second kappa shape index (κ2) is 8.98. The topological polar surface area (TPSA) is 80.0 Å². The van der Waals surface area contributed by atoms with Gasteiger partial charge in [-0.1, -0.05) is 24.3 Å². The van der Waals surface area contributed by atoms with Crippen molar-refractivity contribution in [3.8, 4) is 11.7 Å². The molecule has 150 valence electrons. The highest BCUT2D eigenvalue weighted by Gasteiger charge is 2.16. The summed E-state index contributed by atoms with van der Waals surface area (Å²) >= 11 is 0. The lowest BCUT2D eigenvalue weighted by Gasteiger charge is -2.26.